The lowest BCUT2D eigenvalue weighted by atomic mass is 10.2. The molecule has 0 saturated carbocycles. The average molecular weight is 273 g/mol. The Hall–Kier alpha value is -1.34. The monoisotopic (exact) mass is 273 g/mol. The Morgan fingerprint density at radius 2 is 2.21 bits per heavy atom. The smallest absolute Gasteiger partial charge is 0.317 e. The highest BCUT2D eigenvalue weighted by molar-refractivity contribution is 5.83. The van der Waals surface area contributed by atoms with Crippen molar-refractivity contribution in [3.05, 3.63) is 0 Å². The number of hydrogen-bond acceptors (Lipinski definition) is 4. The van der Waals surface area contributed by atoms with Crippen LogP contribution >= 0.6 is 0 Å². The quantitative estimate of drug-likeness (QED) is 0.734. The lowest BCUT2D eigenvalue weighted by molar-refractivity contribution is -0.138. The van der Waals surface area contributed by atoms with Crippen molar-refractivity contribution in [2.24, 2.45) is 0 Å². The first-order valence-corrected chi connectivity index (χ1v) is 6.38. The lowest BCUT2D eigenvalue weighted by Gasteiger charge is -2.33. The highest BCUT2D eigenvalue weighted by atomic mass is 16.5. The topological polar surface area (TPSA) is 71.1 Å². The predicted molar refractivity (Wildman–Crippen MR) is 69.9 cm³/mol. The fourth-order valence-electron chi connectivity index (χ4n) is 1.79. The second-order valence-electron chi connectivity index (χ2n) is 4.67. The summed E-state index contributed by atoms with van der Waals surface area (Å²) in [7, 11) is 4.91. The van der Waals surface area contributed by atoms with Gasteiger partial charge in [0.2, 0.25) is 5.91 Å². The van der Waals surface area contributed by atoms with Crippen LogP contribution in [-0.2, 0) is 14.3 Å². The molecule has 7 nitrogen and oxygen atoms in total. The molecule has 3 amide bonds. The van der Waals surface area contributed by atoms with E-state index in [1.54, 1.807) is 26.1 Å². The summed E-state index contributed by atoms with van der Waals surface area (Å²) < 4.78 is 10.6. The molecule has 0 radical (unpaired) electrons. The Kier molecular flexibility index (Phi) is 6.58. The van der Waals surface area contributed by atoms with E-state index in [2.05, 4.69) is 5.32 Å². The molecule has 1 unspecified atom stereocenters. The van der Waals surface area contributed by atoms with Gasteiger partial charge in [-0.15, -0.1) is 0 Å². The number of ether oxygens (including phenoxy) is 2. The van der Waals surface area contributed by atoms with E-state index in [9.17, 15) is 9.59 Å². The van der Waals surface area contributed by atoms with Gasteiger partial charge in [-0.25, -0.2) is 4.79 Å². The van der Waals surface area contributed by atoms with Crippen molar-refractivity contribution < 1.29 is 19.1 Å². The first-order chi connectivity index (χ1) is 9.04. The number of carbonyl (C=O) groups excluding carboxylic acids is 2. The van der Waals surface area contributed by atoms with Gasteiger partial charge in [-0.1, -0.05) is 0 Å². The van der Waals surface area contributed by atoms with Crippen molar-refractivity contribution in [2.45, 2.75) is 12.5 Å². The molecule has 7 heteroatoms. The molecule has 19 heavy (non-hydrogen) atoms. The number of urea groups is 1. The molecule has 1 atom stereocenters. The standard InChI is InChI=1S/C12H23N3O4/c1-14(2)12(17)13-8-11(16)15-5-7-19-10(9-15)4-6-18-3/h10H,4-9H2,1-3H3,(H,13,17). The highest BCUT2D eigenvalue weighted by Crippen LogP contribution is 2.08. The average Bonchev–Trinajstić information content (AvgIpc) is 2.42. The number of carbonyl (C=O) groups is 2. The maximum Gasteiger partial charge on any atom is 0.317 e. The van der Waals surface area contributed by atoms with E-state index in [-0.39, 0.29) is 24.6 Å². The minimum absolute atomic E-state index is 0.0159. The van der Waals surface area contributed by atoms with Crippen LogP contribution in [0, 0.1) is 0 Å². The van der Waals surface area contributed by atoms with Crippen molar-refractivity contribution in [3.8, 4) is 0 Å². The van der Waals surface area contributed by atoms with Crippen molar-refractivity contribution in [1.82, 2.24) is 15.1 Å². The van der Waals surface area contributed by atoms with Crippen molar-refractivity contribution in [3.63, 3.8) is 0 Å². The van der Waals surface area contributed by atoms with E-state index >= 15 is 0 Å². The van der Waals surface area contributed by atoms with Crippen molar-refractivity contribution >= 4 is 11.9 Å². The number of nitrogens with zero attached hydrogens (tertiary/aromatic N) is 2. The van der Waals surface area contributed by atoms with Crippen LogP contribution in [0.15, 0.2) is 0 Å². The zero-order valence-electron chi connectivity index (χ0n) is 11.8. The van der Waals surface area contributed by atoms with E-state index in [4.69, 9.17) is 9.47 Å². The highest BCUT2D eigenvalue weighted by Gasteiger charge is 2.24. The van der Waals surface area contributed by atoms with Crippen LogP contribution in [0.5, 0.6) is 0 Å². The Morgan fingerprint density at radius 1 is 1.47 bits per heavy atom. The summed E-state index contributed by atoms with van der Waals surface area (Å²) in [5.41, 5.74) is 0. The zero-order valence-corrected chi connectivity index (χ0v) is 11.8. The summed E-state index contributed by atoms with van der Waals surface area (Å²) in [6, 6.07) is -0.266. The SMILES string of the molecule is COCCC1CN(C(=O)CNC(=O)N(C)C)CCO1. The first-order valence-electron chi connectivity index (χ1n) is 6.38. The Labute approximate surface area is 113 Å². The molecular formula is C12H23N3O4. The molecule has 1 heterocycles. The fraction of sp³-hybridized carbons (Fsp3) is 0.833. The van der Waals surface area contributed by atoms with Gasteiger partial charge in [0.15, 0.2) is 0 Å². The van der Waals surface area contributed by atoms with Crippen LogP contribution in [-0.4, -0.2) is 81.9 Å². The third kappa shape index (κ3) is 5.44. The number of methoxy groups -OCH3 is 1. The summed E-state index contributed by atoms with van der Waals surface area (Å²) in [5, 5.41) is 2.57. The van der Waals surface area contributed by atoms with Gasteiger partial charge in [0.1, 0.15) is 0 Å². The molecule has 1 N–H and O–H groups in total. The molecule has 1 fully saturated rings. The van der Waals surface area contributed by atoms with E-state index in [0.717, 1.165) is 6.42 Å². The Morgan fingerprint density at radius 3 is 2.84 bits per heavy atom. The molecule has 0 spiro atoms. The molecule has 0 aliphatic carbocycles. The van der Waals surface area contributed by atoms with Gasteiger partial charge in [-0.05, 0) is 6.42 Å². The normalized spacial score (nSPS) is 19.1. The molecule has 0 aromatic rings. The maximum atomic E-state index is 12.0. The van der Waals surface area contributed by atoms with E-state index in [0.29, 0.717) is 26.3 Å². The Bertz CT molecular complexity index is 309. The van der Waals surface area contributed by atoms with Crippen LogP contribution in [0.3, 0.4) is 0 Å². The van der Waals surface area contributed by atoms with E-state index < -0.39 is 0 Å². The van der Waals surface area contributed by atoms with Gasteiger partial charge in [-0.2, -0.15) is 0 Å². The van der Waals surface area contributed by atoms with Gasteiger partial charge >= 0.3 is 6.03 Å². The summed E-state index contributed by atoms with van der Waals surface area (Å²) >= 11 is 0. The van der Waals surface area contributed by atoms with Gasteiger partial charge in [0.05, 0.1) is 19.3 Å². The van der Waals surface area contributed by atoms with Gasteiger partial charge < -0.3 is 24.6 Å². The van der Waals surface area contributed by atoms with Crippen LogP contribution in [0.2, 0.25) is 0 Å². The predicted octanol–water partition coefficient (Wildman–Crippen LogP) is -0.478. The van der Waals surface area contributed by atoms with E-state index in [1.807, 2.05) is 0 Å². The Balaban J connectivity index is 2.33. The molecule has 0 bridgehead atoms. The van der Waals surface area contributed by atoms with Crippen LogP contribution in [0.4, 0.5) is 4.79 Å². The van der Waals surface area contributed by atoms with Crippen molar-refractivity contribution in [1.29, 1.82) is 0 Å². The first kappa shape index (κ1) is 15.7. The summed E-state index contributed by atoms with van der Waals surface area (Å²) in [5.74, 6) is -0.0825. The third-order valence-electron chi connectivity index (χ3n) is 2.93. The van der Waals surface area contributed by atoms with Crippen molar-refractivity contribution in [2.75, 3.05) is 54.1 Å². The summed E-state index contributed by atoms with van der Waals surface area (Å²) in [6.45, 7) is 2.29. The van der Waals surface area contributed by atoms with Gasteiger partial charge in [0.25, 0.3) is 0 Å². The molecule has 1 aliphatic heterocycles. The second kappa shape index (κ2) is 7.96. The molecule has 1 rings (SSSR count). The number of nitrogens with one attached hydrogen (secondary N) is 1. The third-order valence-corrected chi connectivity index (χ3v) is 2.93. The zero-order chi connectivity index (χ0) is 14.3. The summed E-state index contributed by atoms with van der Waals surface area (Å²) in [6.07, 6.45) is 0.784. The second-order valence-corrected chi connectivity index (χ2v) is 4.67. The number of amides is 3. The van der Waals surface area contributed by atoms with Crippen LogP contribution < -0.4 is 5.32 Å². The molecule has 0 aromatic heterocycles. The largest absolute Gasteiger partial charge is 0.385 e. The fourth-order valence-corrected chi connectivity index (χ4v) is 1.79. The number of morpholine rings is 1. The minimum Gasteiger partial charge on any atom is -0.385 e. The number of hydrogen-bond donors (Lipinski definition) is 1. The molecular weight excluding hydrogens is 250 g/mol. The van der Waals surface area contributed by atoms with Crippen LogP contribution in [0.1, 0.15) is 6.42 Å². The van der Waals surface area contributed by atoms with E-state index in [1.165, 1.54) is 4.90 Å². The molecule has 1 saturated heterocycles. The molecule has 0 aromatic carbocycles. The molecule has 110 valence electrons. The van der Waals surface area contributed by atoms with Gasteiger partial charge in [0, 0.05) is 40.9 Å². The number of rotatable bonds is 5. The minimum atomic E-state index is -0.266. The molecule has 1 aliphatic rings. The summed E-state index contributed by atoms with van der Waals surface area (Å²) in [4.78, 5) is 26.4. The maximum absolute atomic E-state index is 12.0. The van der Waals surface area contributed by atoms with Gasteiger partial charge in [-0.3, -0.25) is 4.79 Å². The van der Waals surface area contributed by atoms with Crippen LogP contribution in [0.25, 0.3) is 0 Å². The lowest BCUT2D eigenvalue weighted by Crippen LogP contribution is -2.50.